The number of benzene rings is 1. The van der Waals surface area contributed by atoms with Crippen molar-refractivity contribution in [1.29, 1.82) is 0 Å². The monoisotopic (exact) mass is 384 g/mol. The van der Waals surface area contributed by atoms with E-state index in [1.165, 1.54) is 20.8 Å². The van der Waals surface area contributed by atoms with Gasteiger partial charge in [0, 0.05) is 12.1 Å². The van der Waals surface area contributed by atoms with Crippen LogP contribution in [-0.4, -0.2) is 42.1 Å². The topological polar surface area (TPSA) is 107 Å². The van der Waals surface area contributed by atoms with Crippen molar-refractivity contribution >= 4 is 21.8 Å². The molecular weight excluding hydrogens is 369 g/mol. The third-order valence-electron chi connectivity index (χ3n) is 2.56. The van der Waals surface area contributed by atoms with Gasteiger partial charge < -0.3 is 4.74 Å². The highest BCUT2D eigenvalue weighted by Crippen LogP contribution is 2.26. The number of nitro groups is 1. The van der Waals surface area contributed by atoms with Crippen molar-refractivity contribution in [2.24, 2.45) is 0 Å². The molecule has 0 radical (unpaired) electrons. The van der Waals surface area contributed by atoms with Crippen LogP contribution < -0.4 is 0 Å². The van der Waals surface area contributed by atoms with Crippen molar-refractivity contribution in [3.05, 3.63) is 34.4 Å². The summed E-state index contributed by atoms with van der Waals surface area (Å²) in [6.45, 7) is 1.97. The minimum Gasteiger partial charge on any atom is -0.443 e. The second kappa shape index (κ2) is 6.86. The average molecular weight is 384 g/mol. The third-order valence-corrected chi connectivity index (χ3v) is 4.28. The number of alkyl halides is 3. The standard InChI is InChI=1S/C13H15F3N2O6S/c1-12(2,3)24-11(19)17(8-13(14,15)16)25(22,23)10-6-4-9(5-7-10)18(20)21/h4-7H,8H2,1-3H3. The number of halogens is 3. The first-order valence-corrected chi connectivity index (χ1v) is 8.14. The van der Waals surface area contributed by atoms with Gasteiger partial charge in [-0.1, -0.05) is 0 Å². The molecular formula is C13H15F3N2O6S. The number of ether oxygens (including phenoxy) is 1. The van der Waals surface area contributed by atoms with Gasteiger partial charge in [0.25, 0.3) is 15.7 Å². The maximum Gasteiger partial charge on any atom is 0.424 e. The first-order valence-electron chi connectivity index (χ1n) is 6.70. The van der Waals surface area contributed by atoms with E-state index in [9.17, 15) is 36.5 Å². The molecule has 0 bridgehead atoms. The molecule has 0 aromatic heterocycles. The van der Waals surface area contributed by atoms with Gasteiger partial charge in [-0.25, -0.2) is 13.2 Å². The summed E-state index contributed by atoms with van der Waals surface area (Å²) in [5, 5.41) is 10.6. The third kappa shape index (κ3) is 5.89. The Labute approximate surface area is 141 Å². The number of nitro benzene ring substituents is 1. The number of hydrogen-bond donors (Lipinski definition) is 0. The fourth-order valence-corrected chi connectivity index (χ4v) is 2.87. The lowest BCUT2D eigenvalue weighted by Crippen LogP contribution is -2.45. The molecule has 0 saturated heterocycles. The minimum atomic E-state index is -5.01. The van der Waals surface area contributed by atoms with Crippen molar-refractivity contribution in [2.75, 3.05) is 6.54 Å². The summed E-state index contributed by atoms with van der Waals surface area (Å²) < 4.78 is 67.1. The lowest BCUT2D eigenvalue weighted by molar-refractivity contribution is -0.384. The Bertz CT molecular complexity index is 753. The fourth-order valence-electron chi connectivity index (χ4n) is 1.59. The van der Waals surface area contributed by atoms with E-state index in [1.807, 2.05) is 0 Å². The van der Waals surface area contributed by atoms with Crippen LogP contribution in [-0.2, 0) is 14.8 Å². The number of rotatable bonds is 4. The highest BCUT2D eigenvalue weighted by atomic mass is 32.2. The van der Waals surface area contributed by atoms with Crippen molar-refractivity contribution in [2.45, 2.75) is 37.4 Å². The van der Waals surface area contributed by atoms with Gasteiger partial charge in [-0.05, 0) is 32.9 Å². The maximum atomic E-state index is 12.7. The predicted octanol–water partition coefficient (Wildman–Crippen LogP) is 3.08. The van der Waals surface area contributed by atoms with E-state index in [0.717, 1.165) is 24.3 Å². The van der Waals surface area contributed by atoms with Crippen LogP contribution in [0.2, 0.25) is 0 Å². The summed E-state index contributed by atoms with van der Waals surface area (Å²) in [6, 6.07) is 3.07. The Morgan fingerprint density at radius 3 is 2.04 bits per heavy atom. The number of hydrogen-bond acceptors (Lipinski definition) is 6. The van der Waals surface area contributed by atoms with E-state index >= 15 is 0 Å². The van der Waals surface area contributed by atoms with Crippen molar-refractivity contribution in [3.63, 3.8) is 0 Å². The van der Waals surface area contributed by atoms with E-state index in [0.29, 0.717) is 0 Å². The number of non-ortho nitro benzene ring substituents is 1. The number of nitrogens with zero attached hydrogens (tertiary/aromatic N) is 2. The summed E-state index contributed by atoms with van der Waals surface area (Å²) in [6.07, 6.45) is -6.71. The molecule has 0 heterocycles. The molecule has 1 aromatic carbocycles. The van der Waals surface area contributed by atoms with Crippen LogP contribution in [0.4, 0.5) is 23.7 Å². The second-order valence-electron chi connectivity index (χ2n) is 5.86. The molecule has 0 aliphatic rings. The van der Waals surface area contributed by atoms with Crippen LogP contribution >= 0.6 is 0 Å². The normalized spacial score (nSPS) is 12.6. The van der Waals surface area contributed by atoms with Gasteiger partial charge >= 0.3 is 12.3 Å². The van der Waals surface area contributed by atoms with Crippen molar-refractivity contribution in [3.8, 4) is 0 Å². The summed E-state index contributed by atoms with van der Waals surface area (Å²) in [4.78, 5) is 21.0. The van der Waals surface area contributed by atoms with Gasteiger partial charge in [0.2, 0.25) is 0 Å². The van der Waals surface area contributed by atoms with Crippen LogP contribution in [0.25, 0.3) is 0 Å². The summed E-state index contributed by atoms with van der Waals surface area (Å²) in [7, 11) is -4.93. The molecule has 0 saturated carbocycles. The van der Waals surface area contributed by atoms with Crippen LogP contribution in [0.5, 0.6) is 0 Å². The molecule has 0 unspecified atom stereocenters. The van der Waals surface area contributed by atoms with Crippen LogP contribution in [0.1, 0.15) is 20.8 Å². The second-order valence-corrected chi connectivity index (χ2v) is 7.72. The summed E-state index contributed by atoms with van der Waals surface area (Å²) >= 11 is 0. The molecule has 8 nitrogen and oxygen atoms in total. The molecule has 0 spiro atoms. The first-order chi connectivity index (χ1) is 11.1. The molecule has 1 rings (SSSR count). The Hall–Kier alpha value is -2.37. The largest absolute Gasteiger partial charge is 0.443 e. The Balaban J connectivity index is 3.31. The smallest absolute Gasteiger partial charge is 0.424 e. The Kier molecular flexibility index (Phi) is 5.67. The van der Waals surface area contributed by atoms with Crippen LogP contribution in [0.3, 0.4) is 0 Å². The van der Waals surface area contributed by atoms with E-state index in [-0.39, 0.29) is 0 Å². The lowest BCUT2D eigenvalue weighted by atomic mass is 10.2. The molecule has 0 aliphatic heterocycles. The van der Waals surface area contributed by atoms with E-state index in [1.54, 1.807) is 0 Å². The maximum absolute atomic E-state index is 12.7. The highest BCUT2D eigenvalue weighted by Gasteiger charge is 2.42. The molecule has 1 aromatic rings. The highest BCUT2D eigenvalue weighted by molar-refractivity contribution is 7.89. The van der Waals surface area contributed by atoms with Gasteiger partial charge in [0.15, 0.2) is 0 Å². The molecule has 0 fully saturated rings. The molecule has 0 aliphatic carbocycles. The SMILES string of the molecule is CC(C)(C)OC(=O)N(CC(F)(F)F)S(=O)(=O)c1ccc([N+](=O)[O-])cc1. The number of amides is 1. The zero-order chi connectivity index (χ0) is 19.6. The van der Waals surface area contributed by atoms with Crippen LogP contribution in [0.15, 0.2) is 29.2 Å². The van der Waals surface area contributed by atoms with Gasteiger partial charge in [0.1, 0.15) is 12.1 Å². The van der Waals surface area contributed by atoms with Gasteiger partial charge in [0.05, 0.1) is 9.82 Å². The van der Waals surface area contributed by atoms with Crippen LogP contribution in [0, 0.1) is 10.1 Å². The number of carbonyl (C=O) groups excluding carboxylic acids is 1. The van der Waals surface area contributed by atoms with Gasteiger partial charge in [-0.3, -0.25) is 10.1 Å². The molecule has 0 N–H and O–H groups in total. The molecule has 12 heteroatoms. The predicted molar refractivity (Wildman–Crippen MR) is 79.3 cm³/mol. The zero-order valence-electron chi connectivity index (χ0n) is 13.4. The fraction of sp³-hybridized carbons (Fsp3) is 0.462. The average Bonchev–Trinajstić information content (AvgIpc) is 2.42. The molecule has 1 amide bonds. The van der Waals surface area contributed by atoms with E-state index in [2.05, 4.69) is 0 Å². The van der Waals surface area contributed by atoms with E-state index in [4.69, 9.17) is 4.74 Å². The van der Waals surface area contributed by atoms with Gasteiger partial charge in [-0.15, -0.1) is 0 Å². The van der Waals surface area contributed by atoms with Crippen molar-refractivity contribution < 1.29 is 36.0 Å². The van der Waals surface area contributed by atoms with E-state index < -0.39 is 54.3 Å². The van der Waals surface area contributed by atoms with Gasteiger partial charge in [-0.2, -0.15) is 17.5 Å². The molecule has 0 atom stereocenters. The summed E-state index contributed by atoms with van der Waals surface area (Å²) in [5.74, 6) is 0. The minimum absolute atomic E-state index is 0.459. The van der Waals surface area contributed by atoms with Crippen molar-refractivity contribution in [1.82, 2.24) is 4.31 Å². The Morgan fingerprint density at radius 1 is 1.20 bits per heavy atom. The number of sulfonamides is 1. The number of carbonyl (C=O) groups is 1. The molecule has 140 valence electrons. The lowest BCUT2D eigenvalue weighted by Gasteiger charge is -2.27. The first kappa shape index (κ1) is 20.7. The quantitative estimate of drug-likeness (QED) is 0.583. The summed E-state index contributed by atoms with van der Waals surface area (Å²) in [5.41, 5.74) is -1.69. The Morgan fingerprint density at radius 2 is 1.68 bits per heavy atom. The molecule has 25 heavy (non-hydrogen) atoms. The zero-order valence-corrected chi connectivity index (χ0v) is 14.2.